The largest absolute Gasteiger partial charge is 0.504 e. The summed E-state index contributed by atoms with van der Waals surface area (Å²) in [5.74, 6) is -0.550. The molecule has 1 saturated heterocycles. The maximum Gasteiger partial charge on any atom is 0.254 e. The first kappa shape index (κ1) is 13.7. The Kier molecular flexibility index (Phi) is 4.27. The Hall–Kier alpha value is -1.75. The number of carbonyl (C=O) groups is 1. The summed E-state index contributed by atoms with van der Waals surface area (Å²) in [6.07, 6.45) is 1.12. The highest BCUT2D eigenvalue weighted by molar-refractivity contribution is 5.95. The van der Waals surface area contributed by atoms with E-state index in [4.69, 9.17) is 0 Å². The van der Waals surface area contributed by atoms with E-state index in [-0.39, 0.29) is 17.4 Å². The molecule has 2 rings (SSSR count). The number of hydrogen-bond acceptors (Lipinski definition) is 4. The second-order valence-electron chi connectivity index (χ2n) is 4.84. The molecule has 2 N–H and O–H groups in total. The van der Waals surface area contributed by atoms with Crippen LogP contribution in [-0.2, 0) is 0 Å². The predicted molar refractivity (Wildman–Crippen MR) is 72.4 cm³/mol. The van der Waals surface area contributed by atoms with Crippen LogP contribution in [0.15, 0.2) is 18.2 Å². The number of benzene rings is 1. The number of phenolic OH excluding ortho intramolecular Hbond substituents is 2. The number of piperazine rings is 1. The molecule has 1 aromatic carbocycles. The lowest BCUT2D eigenvalue weighted by molar-refractivity contribution is 0.0637. The molecule has 0 atom stereocenters. The van der Waals surface area contributed by atoms with Crippen molar-refractivity contribution in [3.05, 3.63) is 23.8 Å². The number of hydrogen-bond donors (Lipinski definition) is 2. The van der Waals surface area contributed by atoms with Gasteiger partial charge in [0, 0.05) is 31.7 Å². The van der Waals surface area contributed by atoms with Crippen LogP contribution in [0.3, 0.4) is 0 Å². The lowest BCUT2D eigenvalue weighted by Gasteiger charge is -2.34. The molecular formula is C14H20N2O3. The fourth-order valence-corrected chi connectivity index (χ4v) is 2.33. The van der Waals surface area contributed by atoms with Crippen LogP contribution in [0.1, 0.15) is 23.7 Å². The Morgan fingerprint density at radius 3 is 2.42 bits per heavy atom. The molecule has 1 amide bonds. The summed E-state index contributed by atoms with van der Waals surface area (Å²) in [5.41, 5.74) is 0.416. The first-order chi connectivity index (χ1) is 9.11. The number of phenols is 2. The highest BCUT2D eigenvalue weighted by Crippen LogP contribution is 2.25. The third-order valence-corrected chi connectivity index (χ3v) is 3.42. The first-order valence-electron chi connectivity index (χ1n) is 6.65. The van der Waals surface area contributed by atoms with Crippen molar-refractivity contribution in [3.8, 4) is 11.5 Å². The molecule has 0 aromatic heterocycles. The van der Waals surface area contributed by atoms with Gasteiger partial charge in [-0.25, -0.2) is 0 Å². The van der Waals surface area contributed by atoms with Gasteiger partial charge in [-0.1, -0.05) is 6.92 Å². The molecule has 0 unspecified atom stereocenters. The van der Waals surface area contributed by atoms with Crippen molar-refractivity contribution < 1.29 is 15.0 Å². The molecule has 1 aromatic rings. The predicted octanol–water partition coefficient (Wildman–Crippen LogP) is 1.27. The zero-order valence-electron chi connectivity index (χ0n) is 11.2. The van der Waals surface area contributed by atoms with Crippen LogP contribution in [0.4, 0.5) is 0 Å². The van der Waals surface area contributed by atoms with Gasteiger partial charge >= 0.3 is 0 Å². The van der Waals surface area contributed by atoms with E-state index in [1.54, 1.807) is 4.90 Å². The average Bonchev–Trinajstić information content (AvgIpc) is 2.42. The second-order valence-corrected chi connectivity index (χ2v) is 4.84. The zero-order valence-corrected chi connectivity index (χ0v) is 11.2. The van der Waals surface area contributed by atoms with E-state index < -0.39 is 0 Å². The molecule has 1 aliphatic rings. The van der Waals surface area contributed by atoms with Crippen LogP contribution in [0.2, 0.25) is 0 Å². The molecule has 0 saturated carbocycles. The molecule has 0 spiro atoms. The Balaban J connectivity index is 1.99. The van der Waals surface area contributed by atoms with Gasteiger partial charge in [-0.15, -0.1) is 0 Å². The van der Waals surface area contributed by atoms with E-state index in [1.807, 2.05) is 0 Å². The molecule has 0 radical (unpaired) electrons. The minimum absolute atomic E-state index is 0.0913. The van der Waals surface area contributed by atoms with Crippen LogP contribution in [-0.4, -0.2) is 58.6 Å². The standard InChI is InChI=1S/C14H20N2O3/c1-2-5-15-6-8-16(9-7-15)14(19)11-3-4-12(17)13(18)10-11/h3-4,10,17-18H,2,5-9H2,1H3. The van der Waals surface area contributed by atoms with Gasteiger partial charge in [0.05, 0.1) is 0 Å². The van der Waals surface area contributed by atoms with Gasteiger partial charge in [0.1, 0.15) is 0 Å². The van der Waals surface area contributed by atoms with E-state index in [2.05, 4.69) is 11.8 Å². The summed E-state index contributed by atoms with van der Waals surface area (Å²) in [6.45, 7) is 6.42. The lowest BCUT2D eigenvalue weighted by Crippen LogP contribution is -2.48. The average molecular weight is 264 g/mol. The van der Waals surface area contributed by atoms with Crippen molar-refractivity contribution in [2.24, 2.45) is 0 Å². The van der Waals surface area contributed by atoms with Crippen molar-refractivity contribution in [2.75, 3.05) is 32.7 Å². The van der Waals surface area contributed by atoms with Crippen LogP contribution in [0.25, 0.3) is 0 Å². The van der Waals surface area contributed by atoms with E-state index in [0.29, 0.717) is 18.7 Å². The van der Waals surface area contributed by atoms with E-state index >= 15 is 0 Å². The van der Waals surface area contributed by atoms with Crippen LogP contribution in [0.5, 0.6) is 11.5 Å². The molecule has 5 nitrogen and oxygen atoms in total. The fraction of sp³-hybridized carbons (Fsp3) is 0.500. The zero-order chi connectivity index (χ0) is 13.8. The summed E-state index contributed by atoms with van der Waals surface area (Å²) in [7, 11) is 0. The normalized spacial score (nSPS) is 16.6. The second kappa shape index (κ2) is 5.93. The Morgan fingerprint density at radius 1 is 1.16 bits per heavy atom. The highest BCUT2D eigenvalue weighted by Gasteiger charge is 2.22. The first-order valence-corrected chi connectivity index (χ1v) is 6.65. The Labute approximate surface area is 113 Å². The van der Waals surface area contributed by atoms with Crippen LogP contribution >= 0.6 is 0 Å². The van der Waals surface area contributed by atoms with Gasteiger partial charge < -0.3 is 15.1 Å². The Morgan fingerprint density at radius 2 is 1.84 bits per heavy atom. The van der Waals surface area contributed by atoms with Crippen molar-refractivity contribution in [3.63, 3.8) is 0 Å². The topological polar surface area (TPSA) is 64.0 Å². The van der Waals surface area contributed by atoms with Gasteiger partial charge in [-0.3, -0.25) is 9.69 Å². The molecule has 1 heterocycles. The van der Waals surface area contributed by atoms with Gasteiger partial charge in [0.25, 0.3) is 5.91 Å². The third-order valence-electron chi connectivity index (χ3n) is 3.42. The maximum absolute atomic E-state index is 12.2. The van der Waals surface area contributed by atoms with Crippen molar-refractivity contribution in [1.82, 2.24) is 9.80 Å². The summed E-state index contributed by atoms with van der Waals surface area (Å²) in [4.78, 5) is 16.4. The van der Waals surface area contributed by atoms with Gasteiger partial charge in [-0.05, 0) is 31.2 Å². The molecule has 104 valence electrons. The van der Waals surface area contributed by atoms with Crippen LogP contribution in [0, 0.1) is 0 Å². The highest BCUT2D eigenvalue weighted by atomic mass is 16.3. The molecule has 1 aliphatic heterocycles. The van der Waals surface area contributed by atoms with Gasteiger partial charge in [0.15, 0.2) is 11.5 Å². The van der Waals surface area contributed by atoms with Crippen molar-refractivity contribution >= 4 is 5.91 Å². The molecule has 5 heteroatoms. The van der Waals surface area contributed by atoms with Crippen molar-refractivity contribution in [2.45, 2.75) is 13.3 Å². The molecular weight excluding hydrogens is 244 g/mol. The minimum atomic E-state index is -0.254. The Bertz CT molecular complexity index is 454. The lowest BCUT2D eigenvalue weighted by atomic mass is 10.1. The van der Waals surface area contributed by atoms with Crippen LogP contribution < -0.4 is 0 Å². The number of carbonyl (C=O) groups excluding carboxylic acids is 1. The van der Waals surface area contributed by atoms with E-state index in [0.717, 1.165) is 26.1 Å². The maximum atomic E-state index is 12.2. The van der Waals surface area contributed by atoms with Crippen molar-refractivity contribution in [1.29, 1.82) is 0 Å². The van der Waals surface area contributed by atoms with E-state index in [1.165, 1.54) is 18.2 Å². The van der Waals surface area contributed by atoms with Gasteiger partial charge in [-0.2, -0.15) is 0 Å². The molecule has 19 heavy (non-hydrogen) atoms. The molecule has 0 aliphatic carbocycles. The number of nitrogens with zero attached hydrogens (tertiary/aromatic N) is 2. The quantitative estimate of drug-likeness (QED) is 0.807. The van der Waals surface area contributed by atoms with E-state index in [9.17, 15) is 15.0 Å². The van der Waals surface area contributed by atoms with Gasteiger partial charge in [0.2, 0.25) is 0 Å². The fourth-order valence-electron chi connectivity index (χ4n) is 2.33. The SMILES string of the molecule is CCCN1CCN(C(=O)c2ccc(O)c(O)c2)CC1. The smallest absolute Gasteiger partial charge is 0.254 e. The summed E-state index contributed by atoms with van der Waals surface area (Å²) in [5, 5.41) is 18.7. The molecule has 1 fully saturated rings. The molecule has 0 bridgehead atoms. The summed E-state index contributed by atoms with van der Waals surface area (Å²) in [6, 6.07) is 4.20. The summed E-state index contributed by atoms with van der Waals surface area (Å²) >= 11 is 0. The third kappa shape index (κ3) is 3.17. The number of amides is 1. The monoisotopic (exact) mass is 264 g/mol. The number of aromatic hydroxyl groups is 2. The number of rotatable bonds is 3. The minimum Gasteiger partial charge on any atom is -0.504 e. The summed E-state index contributed by atoms with van der Waals surface area (Å²) < 4.78 is 0.